The van der Waals surface area contributed by atoms with Crippen LogP contribution >= 0.6 is 27.5 Å². The quantitative estimate of drug-likeness (QED) is 0.720. The molecule has 1 aromatic rings. The smallest absolute Gasteiger partial charge is 0.255 e. The number of hydrogen-bond acceptors (Lipinski definition) is 2. The lowest BCUT2D eigenvalue weighted by molar-refractivity contribution is 0.0589. The number of carbonyl (C=O) groups is 1. The van der Waals surface area contributed by atoms with E-state index in [0.29, 0.717) is 23.7 Å². The fraction of sp³-hybridized carbons (Fsp3) is 0.533. The molecule has 0 atom stereocenters. The molecule has 0 aliphatic rings. The molecule has 0 aromatic heterocycles. The summed E-state index contributed by atoms with van der Waals surface area (Å²) in [5.74, 6) is -0.0340. The van der Waals surface area contributed by atoms with Crippen LogP contribution in [0.1, 0.15) is 37.0 Å². The van der Waals surface area contributed by atoms with Gasteiger partial charge in [0.25, 0.3) is 5.91 Å². The molecule has 5 heteroatoms. The lowest BCUT2D eigenvalue weighted by Crippen LogP contribution is -2.41. The van der Waals surface area contributed by atoms with Gasteiger partial charge in [0.1, 0.15) is 0 Å². The molecular formula is C15H21BrClNO2. The van der Waals surface area contributed by atoms with Crippen molar-refractivity contribution in [3.63, 3.8) is 0 Å². The standard InChI is InChI=1S/C15H21BrClNO2/c1-4-12(5-2)18(8-9-20-3)15(19)13-7-6-11(16)10-14(13)17/h6-7,10,12H,4-5,8-9H2,1-3H3. The van der Waals surface area contributed by atoms with Gasteiger partial charge in [0, 0.05) is 24.2 Å². The topological polar surface area (TPSA) is 29.5 Å². The van der Waals surface area contributed by atoms with E-state index in [-0.39, 0.29) is 11.9 Å². The van der Waals surface area contributed by atoms with Crippen molar-refractivity contribution in [3.8, 4) is 0 Å². The Labute approximate surface area is 134 Å². The van der Waals surface area contributed by atoms with E-state index in [4.69, 9.17) is 16.3 Å². The number of methoxy groups -OCH3 is 1. The first kappa shape index (κ1) is 17.5. The normalized spacial score (nSPS) is 10.9. The van der Waals surface area contributed by atoms with Crippen LogP contribution in [-0.2, 0) is 4.74 Å². The second-order valence-electron chi connectivity index (χ2n) is 4.59. The highest BCUT2D eigenvalue weighted by atomic mass is 79.9. The van der Waals surface area contributed by atoms with E-state index < -0.39 is 0 Å². The monoisotopic (exact) mass is 361 g/mol. The van der Waals surface area contributed by atoms with Crippen LogP contribution in [0.25, 0.3) is 0 Å². The first-order chi connectivity index (χ1) is 9.54. The van der Waals surface area contributed by atoms with Crippen LogP contribution in [0.4, 0.5) is 0 Å². The van der Waals surface area contributed by atoms with Gasteiger partial charge in [-0.2, -0.15) is 0 Å². The summed E-state index contributed by atoms with van der Waals surface area (Å²) in [6.45, 7) is 5.28. The van der Waals surface area contributed by atoms with E-state index in [1.165, 1.54) is 0 Å². The summed E-state index contributed by atoms with van der Waals surface area (Å²) in [5, 5.41) is 0.470. The highest BCUT2D eigenvalue weighted by Crippen LogP contribution is 2.24. The van der Waals surface area contributed by atoms with Gasteiger partial charge >= 0.3 is 0 Å². The Morgan fingerprint density at radius 1 is 1.40 bits per heavy atom. The fourth-order valence-corrected chi connectivity index (χ4v) is 2.94. The van der Waals surface area contributed by atoms with Gasteiger partial charge in [0.15, 0.2) is 0 Å². The molecule has 1 aromatic carbocycles. The van der Waals surface area contributed by atoms with Crippen molar-refractivity contribution in [2.45, 2.75) is 32.7 Å². The van der Waals surface area contributed by atoms with Crippen LogP contribution < -0.4 is 0 Å². The highest BCUT2D eigenvalue weighted by molar-refractivity contribution is 9.10. The van der Waals surface area contributed by atoms with Crippen molar-refractivity contribution < 1.29 is 9.53 Å². The molecule has 0 spiro atoms. The van der Waals surface area contributed by atoms with Gasteiger partial charge in [-0.15, -0.1) is 0 Å². The number of benzene rings is 1. The summed E-state index contributed by atoms with van der Waals surface area (Å²) in [4.78, 5) is 14.6. The summed E-state index contributed by atoms with van der Waals surface area (Å²) in [6, 6.07) is 5.55. The van der Waals surface area contributed by atoms with Crippen molar-refractivity contribution in [2.75, 3.05) is 20.3 Å². The second kappa shape index (κ2) is 8.65. The zero-order chi connectivity index (χ0) is 15.1. The second-order valence-corrected chi connectivity index (χ2v) is 5.91. The van der Waals surface area contributed by atoms with Crippen LogP contribution in [0.2, 0.25) is 5.02 Å². The van der Waals surface area contributed by atoms with Crippen LogP contribution in [0.5, 0.6) is 0 Å². The first-order valence-corrected chi connectivity index (χ1v) is 7.97. The number of hydrogen-bond donors (Lipinski definition) is 0. The van der Waals surface area contributed by atoms with E-state index in [1.807, 2.05) is 11.0 Å². The van der Waals surface area contributed by atoms with Gasteiger partial charge in [-0.25, -0.2) is 0 Å². The minimum atomic E-state index is -0.0340. The Morgan fingerprint density at radius 2 is 2.05 bits per heavy atom. The molecule has 0 heterocycles. The maximum atomic E-state index is 12.7. The van der Waals surface area contributed by atoms with Gasteiger partial charge < -0.3 is 9.64 Å². The van der Waals surface area contributed by atoms with Crippen molar-refractivity contribution in [1.29, 1.82) is 0 Å². The third-order valence-corrected chi connectivity index (χ3v) is 4.15. The van der Waals surface area contributed by atoms with E-state index >= 15 is 0 Å². The highest BCUT2D eigenvalue weighted by Gasteiger charge is 2.23. The number of halogens is 2. The van der Waals surface area contributed by atoms with Crippen molar-refractivity contribution in [3.05, 3.63) is 33.3 Å². The Hall–Kier alpha value is -0.580. The third-order valence-electron chi connectivity index (χ3n) is 3.34. The molecule has 0 fully saturated rings. The summed E-state index contributed by atoms with van der Waals surface area (Å²) in [7, 11) is 1.64. The van der Waals surface area contributed by atoms with Crippen LogP contribution in [-0.4, -0.2) is 37.1 Å². The molecule has 0 aliphatic heterocycles. The number of rotatable bonds is 7. The van der Waals surface area contributed by atoms with Gasteiger partial charge in [-0.05, 0) is 31.0 Å². The maximum absolute atomic E-state index is 12.7. The van der Waals surface area contributed by atoms with E-state index in [2.05, 4.69) is 29.8 Å². The minimum Gasteiger partial charge on any atom is -0.383 e. The molecule has 0 N–H and O–H groups in total. The molecule has 0 radical (unpaired) electrons. The molecule has 3 nitrogen and oxygen atoms in total. The fourth-order valence-electron chi connectivity index (χ4n) is 2.19. The van der Waals surface area contributed by atoms with Crippen LogP contribution in [0, 0.1) is 0 Å². The largest absolute Gasteiger partial charge is 0.383 e. The average Bonchev–Trinajstić information content (AvgIpc) is 2.43. The molecule has 0 unspecified atom stereocenters. The molecule has 20 heavy (non-hydrogen) atoms. The molecule has 1 amide bonds. The average molecular weight is 363 g/mol. The van der Waals surface area contributed by atoms with E-state index in [9.17, 15) is 4.79 Å². The summed E-state index contributed by atoms with van der Waals surface area (Å²) in [5.41, 5.74) is 0.540. The molecular weight excluding hydrogens is 342 g/mol. The summed E-state index contributed by atoms with van der Waals surface area (Å²) < 4.78 is 5.98. The zero-order valence-electron chi connectivity index (χ0n) is 12.2. The van der Waals surface area contributed by atoms with E-state index in [0.717, 1.165) is 17.3 Å². The molecule has 0 bridgehead atoms. The van der Waals surface area contributed by atoms with Gasteiger partial charge in [0.05, 0.1) is 17.2 Å². The summed E-state index contributed by atoms with van der Waals surface area (Å²) in [6.07, 6.45) is 1.83. The SMILES string of the molecule is CCC(CC)N(CCOC)C(=O)c1ccc(Br)cc1Cl. The lowest BCUT2D eigenvalue weighted by Gasteiger charge is -2.30. The minimum absolute atomic E-state index is 0.0340. The van der Waals surface area contributed by atoms with E-state index in [1.54, 1.807) is 19.2 Å². The van der Waals surface area contributed by atoms with Crippen LogP contribution in [0.3, 0.4) is 0 Å². The first-order valence-electron chi connectivity index (χ1n) is 6.80. The number of ether oxygens (including phenoxy) is 1. The molecule has 0 saturated heterocycles. The molecule has 0 aliphatic carbocycles. The Balaban J connectivity index is 3.02. The maximum Gasteiger partial charge on any atom is 0.255 e. The number of amides is 1. The molecule has 1 rings (SSSR count). The predicted molar refractivity (Wildman–Crippen MR) is 86.4 cm³/mol. The Morgan fingerprint density at radius 3 is 2.55 bits per heavy atom. The zero-order valence-corrected chi connectivity index (χ0v) is 14.5. The van der Waals surface area contributed by atoms with Gasteiger partial charge in [0.2, 0.25) is 0 Å². The van der Waals surface area contributed by atoms with Gasteiger partial charge in [-0.1, -0.05) is 41.4 Å². The van der Waals surface area contributed by atoms with Crippen molar-refractivity contribution in [2.24, 2.45) is 0 Å². The number of nitrogens with zero attached hydrogens (tertiary/aromatic N) is 1. The Kier molecular flexibility index (Phi) is 7.56. The third kappa shape index (κ3) is 4.47. The van der Waals surface area contributed by atoms with Gasteiger partial charge in [-0.3, -0.25) is 4.79 Å². The Bertz CT molecular complexity index is 449. The van der Waals surface area contributed by atoms with Crippen LogP contribution in [0.15, 0.2) is 22.7 Å². The lowest BCUT2D eigenvalue weighted by atomic mass is 10.1. The predicted octanol–water partition coefficient (Wildman–Crippen LogP) is 4.38. The molecule has 0 saturated carbocycles. The summed E-state index contributed by atoms with van der Waals surface area (Å²) >= 11 is 9.54. The van der Waals surface area contributed by atoms with Crippen molar-refractivity contribution >= 4 is 33.4 Å². The van der Waals surface area contributed by atoms with Crippen molar-refractivity contribution in [1.82, 2.24) is 4.90 Å². The molecule has 112 valence electrons. The number of carbonyl (C=O) groups excluding carboxylic acids is 1.